The molecule has 0 aromatic heterocycles. The fraction of sp³-hybridized carbons (Fsp3) is 0.600. The van der Waals surface area contributed by atoms with Crippen LogP contribution in [0.5, 0.6) is 0 Å². The molecule has 0 unspecified atom stereocenters. The van der Waals surface area contributed by atoms with Crippen molar-refractivity contribution in [3.05, 3.63) is 35.9 Å². The van der Waals surface area contributed by atoms with E-state index in [-0.39, 0.29) is 11.8 Å². The summed E-state index contributed by atoms with van der Waals surface area (Å²) >= 11 is 0. The van der Waals surface area contributed by atoms with Gasteiger partial charge in [0.1, 0.15) is 0 Å². The topological polar surface area (TPSA) is 43.9 Å². The summed E-state index contributed by atoms with van der Waals surface area (Å²) in [4.78, 5) is 31.0. The lowest BCUT2D eigenvalue weighted by atomic mass is 10.2. The zero-order valence-electron chi connectivity index (χ0n) is 15.2. The normalized spacial score (nSPS) is 20.8. The molecule has 1 aromatic carbocycles. The van der Waals surface area contributed by atoms with Gasteiger partial charge in [-0.15, -0.1) is 0 Å². The van der Waals surface area contributed by atoms with E-state index in [4.69, 9.17) is 0 Å². The minimum atomic E-state index is 0.0227. The molecule has 3 rings (SSSR count). The lowest BCUT2D eigenvalue weighted by Crippen LogP contribution is -2.41. The van der Waals surface area contributed by atoms with Crippen LogP contribution in [0.25, 0.3) is 0 Å². The summed E-state index contributed by atoms with van der Waals surface area (Å²) in [7, 11) is 0. The SMILES string of the molecule is CC(=O)N(CCC(=O)N1CCCN2CCC[C@H]2C1)Cc1ccccc1. The van der Waals surface area contributed by atoms with E-state index in [1.165, 1.54) is 19.4 Å². The van der Waals surface area contributed by atoms with Gasteiger partial charge in [0, 0.05) is 52.1 Å². The lowest BCUT2D eigenvalue weighted by Gasteiger charge is -2.27. The summed E-state index contributed by atoms with van der Waals surface area (Å²) in [6.45, 7) is 6.65. The Hall–Kier alpha value is -1.88. The summed E-state index contributed by atoms with van der Waals surface area (Å²) in [5.41, 5.74) is 1.10. The molecule has 0 radical (unpaired) electrons. The second kappa shape index (κ2) is 8.48. The fourth-order valence-electron chi connectivity index (χ4n) is 3.97. The van der Waals surface area contributed by atoms with Gasteiger partial charge in [-0.25, -0.2) is 0 Å². The summed E-state index contributed by atoms with van der Waals surface area (Å²) < 4.78 is 0. The van der Waals surface area contributed by atoms with Crippen molar-refractivity contribution >= 4 is 11.8 Å². The third-order valence-corrected chi connectivity index (χ3v) is 5.41. The monoisotopic (exact) mass is 343 g/mol. The predicted octanol–water partition coefficient (Wildman–Crippen LogP) is 2.12. The highest BCUT2D eigenvalue weighted by Gasteiger charge is 2.30. The number of hydrogen-bond acceptors (Lipinski definition) is 3. The molecule has 136 valence electrons. The molecule has 0 spiro atoms. The van der Waals surface area contributed by atoms with Gasteiger partial charge in [0.15, 0.2) is 0 Å². The van der Waals surface area contributed by atoms with Crippen LogP contribution in [0.4, 0.5) is 0 Å². The summed E-state index contributed by atoms with van der Waals surface area (Å²) in [6, 6.07) is 10.5. The van der Waals surface area contributed by atoms with E-state index in [1.807, 2.05) is 35.2 Å². The summed E-state index contributed by atoms with van der Waals surface area (Å²) in [5, 5.41) is 0. The summed E-state index contributed by atoms with van der Waals surface area (Å²) in [6.07, 6.45) is 3.93. The van der Waals surface area contributed by atoms with Gasteiger partial charge in [-0.05, 0) is 31.4 Å². The maximum atomic E-state index is 12.7. The highest BCUT2D eigenvalue weighted by atomic mass is 16.2. The lowest BCUT2D eigenvalue weighted by molar-refractivity contribution is -0.134. The Labute approximate surface area is 150 Å². The molecule has 1 aromatic rings. The molecule has 25 heavy (non-hydrogen) atoms. The van der Waals surface area contributed by atoms with Crippen molar-refractivity contribution < 1.29 is 9.59 Å². The average molecular weight is 343 g/mol. The van der Waals surface area contributed by atoms with Gasteiger partial charge in [0.25, 0.3) is 0 Å². The van der Waals surface area contributed by atoms with Crippen molar-refractivity contribution in [1.29, 1.82) is 0 Å². The highest BCUT2D eigenvalue weighted by molar-refractivity contribution is 5.78. The second-order valence-electron chi connectivity index (χ2n) is 7.20. The van der Waals surface area contributed by atoms with E-state index in [0.717, 1.165) is 31.6 Å². The first-order valence-electron chi connectivity index (χ1n) is 9.45. The van der Waals surface area contributed by atoms with Crippen LogP contribution >= 0.6 is 0 Å². The minimum absolute atomic E-state index is 0.0227. The maximum Gasteiger partial charge on any atom is 0.224 e. The van der Waals surface area contributed by atoms with Gasteiger partial charge < -0.3 is 9.80 Å². The molecule has 2 aliphatic heterocycles. The second-order valence-corrected chi connectivity index (χ2v) is 7.20. The third-order valence-electron chi connectivity index (χ3n) is 5.41. The molecular formula is C20H29N3O2. The van der Waals surface area contributed by atoms with E-state index < -0.39 is 0 Å². The molecule has 2 saturated heterocycles. The standard InChI is InChI=1S/C20H29N3O2/c1-17(24)22(15-18-7-3-2-4-8-18)14-10-20(25)23-13-6-12-21-11-5-9-19(21)16-23/h2-4,7-8,19H,5-6,9-16H2,1H3/t19-/m0/s1. The fourth-order valence-corrected chi connectivity index (χ4v) is 3.97. The number of benzene rings is 1. The van der Waals surface area contributed by atoms with Crippen LogP contribution in [0.3, 0.4) is 0 Å². The number of carbonyl (C=O) groups is 2. The Morgan fingerprint density at radius 3 is 2.64 bits per heavy atom. The Morgan fingerprint density at radius 1 is 1.12 bits per heavy atom. The van der Waals surface area contributed by atoms with Gasteiger partial charge >= 0.3 is 0 Å². The molecule has 0 aliphatic carbocycles. The molecule has 5 heteroatoms. The van der Waals surface area contributed by atoms with Gasteiger partial charge in [-0.3, -0.25) is 14.5 Å². The molecule has 0 saturated carbocycles. The van der Waals surface area contributed by atoms with Crippen LogP contribution in [0.15, 0.2) is 30.3 Å². The van der Waals surface area contributed by atoms with Crippen molar-refractivity contribution in [3.8, 4) is 0 Å². The number of carbonyl (C=O) groups excluding carboxylic acids is 2. The number of fused-ring (bicyclic) bond motifs is 1. The van der Waals surface area contributed by atoms with Crippen LogP contribution in [0.2, 0.25) is 0 Å². The van der Waals surface area contributed by atoms with Gasteiger partial charge in [-0.2, -0.15) is 0 Å². The number of nitrogens with zero attached hydrogens (tertiary/aromatic N) is 3. The van der Waals surface area contributed by atoms with Crippen LogP contribution < -0.4 is 0 Å². The van der Waals surface area contributed by atoms with Gasteiger partial charge in [0.05, 0.1) is 0 Å². The van der Waals surface area contributed by atoms with Crippen molar-refractivity contribution in [2.75, 3.05) is 32.7 Å². The van der Waals surface area contributed by atoms with E-state index in [1.54, 1.807) is 11.8 Å². The summed E-state index contributed by atoms with van der Waals surface area (Å²) in [5.74, 6) is 0.211. The molecule has 2 amide bonds. The van der Waals surface area contributed by atoms with E-state index in [0.29, 0.717) is 25.6 Å². The zero-order valence-corrected chi connectivity index (χ0v) is 15.2. The number of amides is 2. The molecule has 2 fully saturated rings. The Balaban J connectivity index is 1.53. The molecular weight excluding hydrogens is 314 g/mol. The molecule has 1 atom stereocenters. The highest BCUT2D eigenvalue weighted by Crippen LogP contribution is 2.21. The van der Waals surface area contributed by atoms with Crippen LogP contribution in [0, 0.1) is 0 Å². The predicted molar refractivity (Wildman–Crippen MR) is 97.9 cm³/mol. The number of rotatable bonds is 5. The first-order valence-corrected chi connectivity index (χ1v) is 9.45. The molecule has 5 nitrogen and oxygen atoms in total. The Kier molecular flexibility index (Phi) is 6.08. The van der Waals surface area contributed by atoms with E-state index in [9.17, 15) is 9.59 Å². The van der Waals surface area contributed by atoms with Crippen LogP contribution in [-0.4, -0.2) is 65.3 Å². The largest absolute Gasteiger partial charge is 0.341 e. The average Bonchev–Trinajstić information content (AvgIpc) is 2.95. The molecule has 0 N–H and O–H groups in total. The van der Waals surface area contributed by atoms with Crippen molar-refractivity contribution in [2.24, 2.45) is 0 Å². The van der Waals surface area contributed by atoms with Crippen molar-refractivity contribution in [2.45, 2.75) is 45.2 Å². The van der Waals surface area contributed by atoms with Gasteiger partial charge in [-0.1, -0.05) is 30.3 Å². The maximum absolute atomic E-state index is 12.7. The molecule has 2 aliphatic rings. The van der Waals surface area contributed by atoms with Crippen molar-refractivity contribution in [1.82, 2.24) is 14.7 Å². The quantitative estimate of drug-likeness (QED) is 0.823. The molecule has 0 bridgehead atoms. The van der Waals surface area contributed by atoms with Gasteiger partial charge in [0.2, 0.25) is 11.8 Å². The minimum Gasteiger partial charge on any atom is -0.341 e. The Morgan fingerprint density at radius 2 is 1.88 bits per heavy atom. The molecule has 2 heterocycles. The number of hydrogen-bond donors (Lipinski definition) is 0. The van der Waals surface area contributed by atoms with Crippen molar-refractivity contribution in [3.63, 3.8) is 0 Å². The van der Waals surface area contributed by atoms with E-state index >= 15 is 0 Å². The smallest absolute Gasteiger partial charge is 0.224 e. The third kappa shape index (κ3) is 4.82. The first-order chi connectivity index (χ1) is 12.1. The van der Waals surface area contributed by atoms with Crippen LogP contribution in [0.1, 0.15) is 38.2 Å². The Bertz CT molecular complexity index is 590. The van der Waals surface area contributed by atoms with Crippen LogP contribution in [-0.2, 0) is 16.1 Å². The first kappa shape index (κ1) is 17.9. The van der Waals surface area contributed by atoms with E-state index in [2.05, 4.69) is 4.90 Å². The zero-order chi connectivity index (χ0) is 17.6.